The van der Waals surface area contributed by atoms with Crippen LogP contribution in [0.2, 0.25) is 5.02 Å². The molecule has 0 aliphatic carbocycles. The zero-order valence-corrected chi connectivity index (χ0v) is 15.7. The van der Waals surface area contributed by atoms with Crippen molar-refractivity contribution in [2.75, 3.05) is 26.2 Å². The van der Waals surface area contributed by atoms with Gasteiger partial charge in [0.1, 0.15) is 6.54 Å². The van der Waals surface area contributed by atoms with Crippen LogP contribution in [0.25, 0.3) is 0 Å². The molecule has 3 rings (SSSR count). The third-order valence-corrected chi connectivity index (χ3v) is 5.09. The van der Waals surface area contributed by atoms with E-state index in [0.717, 1.165) is 18.7 Å². The fourth-order valence-corrected chi connectivity index (χ4v) is 3.72. The Morgan fingerprint density at radius 2 is 1.92 bits per heavy atom. The maximum absolute atomic E-state index is 12.7. The fourth-order valence-electron chi connectivity index (χ4n) is 3.59. The number of nitrogens with one attached hydrogen (secondary N) is 3. The number of amides is 2. The minimum absolute atomic E-state index is 0.285. The number of carbonyl (C=O) groups excluding carboxylic acids is 2. The molecule has 2 amide bonds. The summed E-state index contributed by atoms with van der Waals surface area (Å²) in [4.78, 5) is 26.3. The quantitative estimate of drug-likeness (QED) is 0.681. The molecule has 0 aromatic heterocycles. The highest BCUT2D eigenvalue weighted by Gasteiger charge is 2.35. The average Bonchev–Trinajstić information content (AvgIpc) is 2.63. The van der Waals surface area contributed by atoms with Crippen LogP contribution in [0.4, 0.5) is 4.79 Å². The van der Waals surface area contributed by atoms with Crippen molar-refractivity contribution in [1.29, 1.82) is 0 Å². The van der Waals surface area contributed by atoms with Crippen molar-refractivity contribution >= 4 is 23.6 Å². The lowest BCUT2D eigenvalue weighted by atomic mass is 9.94. The van der Waals surface area contributed by atoms with E-state index in [2.05, 4.69) is 10.6 Å². The van der Waals surface area contributed by atoms with Gasteiger partial charge in [0.25, 0.3) is 0 Å². The number of hydrogen-bond acceptors (Lipinski definition) is 3. The third-order valence-electron chi connectivity index (χ3n) is 4.84. The number of benzene rings is 1. The molecule has 3 N–H and O–H groups in total. The second-order valence-electron chi connectivity index (χ2n) is 6.68. The average molecular weight is 379 g/mol. The van der Waals surface area contributed by atoms with Crippen LogP contribution in [0.15, 0.2) is 35.5 Å². The first-order chi connectivity index (χ1) is 12.6. The van der Waals surface area contributed by atoms with E-state index in [9.17, 15) is 9.59 Å². The second-order valence-corrected chi connectivity index (χ2v) is 7.12. The van der Waals surface area contributed by atoms with Crippen molar-refractivity contribution in [2.24, 2.45) is 0 Å². The second kappa shape index (κ2) is 8.56. The summed E-state index contributed by atoms with van der Waals surface area (Å²) in [6, 6.07) is 6.31. The van der Waals surface area contributed by atoms with Crippen LogP contribution in [-0.2, 0) is 9.53 Å². The zero-order valence-electron chi connectivity index (χ0n) is 14.9. The summed E-state index contributed by atoms with van der Waals surface area (Å²) in [5.74, 6) is -0.397. The standard InChI is InChI=1S/C19H24ClN3O3/c1-2-26-18(24)16-15(12-23-10-4-3-5-11-23)21-19(25)22-17(16)13-6-8-14(20)9-7-13/h6-9,17H,2-5,10-12H2,1H3,(H2,21,22,25)/p+1/t17-/m1/s1. The summed E-state index contributed by atoms with van der Waals surface area (Å²) >= 11 is 5.98. The molecule has 0 radical (unpaired) electrons. The highest BCUT2D eigenvalue weighted by atomic mass is 35.5. The van der Waals surface area contributed by atoms with Crippen molar-refractivity contribution in [3.63, 3.8) is 0 Å². The minimum atomic E-state index is -0.542. The van der Waals surface area contributed by atoms with Crippen LogP contribution >= 0.6 is 11.6 Å². The fraction of sp³-hybridized carbons (Fsp3) is 0.474. The number of likely N-dealkylation sites (tertiary alicyclic amines) is 1. The van der Waals surface area contributed by atoms with Crippen molar-refractivity contribution < 1.29 is 19.2 Å². The maximum Gasteiger partial charge on any atom is 0.338 e. The predicted molar refractivity (Wildman–Crippen MR) is 98.9 cm³/mol. The molecule has 0 unspecified atom stereocenters. The molecule has 26 heavy (non-hydrogen) atoms. The zero-order chi connectivity index (χ0) is 18.5. The van der Waals surface area contributed by atoms with E-state index in [-0.39, 0.29) is 12.6 Å². The molecule has 1 atom stereocenters. The van der Waals surface area contributed by atoms with E-state index >= 15 is 0 Å². The summed E-state index contributed by atoms with van der Waals surface area (Å²) in [6.07, 6.45) is 3.59. The summed E-state index contributed by atoms with van der Waals surface area (Å²) in [5, 5.41) is 6.30. The van der Waals surface area contributed by atoms with Crippen molar-refractivity contribution in [2.45, 2.75) is 32.2 Å². The lowest BCUT2D eigenvalue weighted by Crippen LogP contribution is -3.13. The molecule has 1 aromatic rings. The minimum Gasteiger partial charge on any atom is -0.463 e. The molecule has 2 heterocycles. The molecule has 0 saturated carbocycles. The Kier molecular flexibility index (Phi) is 6.16. The molecule has 2 aliphatic rings. The van der Waals surface area contributed by atoms with Gasteiger partial charge in [-0.2, -0.15) is 0 Å². The summed E-state index contributed by atoms with van der Waals surface area (Å²) in [5.41, 5.74) is 1.94. The molecular formula is C19H25ClN3O3+. The number of piperidine rings is 1. The molecule has 0 spiro atoms. The Hall–Kier alpha value is -2.05. The van der Waals surface area contributed by atoms with Gasteiger partial charge in [-0.3, -0.25) is 0 Å². The SMILES string of the molecule is CCOC(=O)C1=C(C[NH+]2CCCCC2)NC(=O)N[C@@H]1c1ccc(Cl)cc1. The van der Waals surface area contributed by atoms with Gasteiger partial charge < -0.3 is 20.3 Å². The molecule has 1 fully saturated rings. The molecular weight excluding hydrogens is 354 g/mol. The maximum atomic E-state index is 12.7. The highest BCUT2D eigenvalue weighted by Crippen LogP contribution is 2.28. The van der Waals surface area contributed by atoms with Crippen LogP contribution in [0.3, 0.4) is 0 Å². The summed E-state index contributed by atoms with van der Waals surface area (Å²) in [6.45, 7) is 4.78. The van der Waals surface area contributed by atoms with E-state index in [4.69, 9.17) is 16.3 Å². The first-order valence-electron chi connectivity index (χ1n) is 9.15. The van der Waals surface area contributed by atoms with Gasteiger partial charge in [0.05, 0.1) is 37.0 Å². The van der Waals surface area contributed by atoms with Crippen LogP contribution in [-0.4, -0.2) is 38.2 Å². The number of ether oxygens (including phenoxy) is 1. The number of carbonyl (C=O) groups is 2. The van der Waals surface area contributed by atoms with Gasteiger partial charge in [-0.25, -0.2) is 9.59 Å². The molecule has 0 bridgehead atoms. The van der Waals surface area contributed by atoms with E-state index in [1.807, 2.05) is 12.1 Å². The van der Waals surface area contributed by atoms with E-state index in [0.29, 0.717) is 22.8 Å². The Balaban J connectivity index is 1.96. The Morgan fingerprint density at radius 1 is 1.23 bits per heavy atom. The number of quaternary nitrogens is 1. The van der Waals surface area contributed by atoms with E-state index in [1.54, 1.807) is 19.1 Å². The monoisotopic (exact) mass is 378 g/mol. The third kappa shape index (κ3) is 4.37. The molecule has 6 nitrogen and oxygen atoms in total. The number of hydrogen-bond donors (Lipinski definition) is 3. The topological polar surface area (TPSA) is 71.9 Å². The van der Waals surface area contributed by atoms with Crippen molar-refractivity contribution in [3.05, 3.63) is 46.1 Å². The Labute approximate surface area is 158 Å². The van der Waals surface area contributed by atoms with Gasteiger partial charge in [0.2, 0.25) is 0 Å². The van der Waals surface area contributed by atoms with Gasteiger partial charge >= 0.3 is 12.0 Å². The summed E-state index contributed by atoms with van der Waals surface area (Å²) in [7, 11) is 0. The van der Waals surface area contributed by atoms with E-state index < -0.39 is 12.0 Å². The van der Waals surface area contributed by atoms with Crippen LogP contribution in [0, 0.1) is 0 Å². The van der Waals surface area contributed by atoms with Gasteiger partial charge in [0, 0.05) is 5.02 Å². The summed E-state index contributed by atoms with van der Waals surface area (Å²) < 4.78 is 5.29. The Bertz CT molecular complexity index is 696. The van der Waals surface area contributed by atoms with Crippen LogP contribution in [0.1, 0.15) is 37.8 Å². The highest BCUT2D eigenvalue weighted by molar-refractivity contribution is 6.30. The number of esters is 1. The smallest absolute Gasteiger partial charge is 0.338 e. The van der Waals surface area contributed by atoms with Gasteiger partial charge in [-0.1, -0.05) is 23.7 Å². The van der Waals surface area contributed by atoms with Gasteiger partial charge in [-0.05, 0) is 43.9 Å². The number of rotatable bonds is 5. The normalized spacial score (nSPS) is 21.2. The number of halogens is 1. The first-order valence-corrected chi connectivity index (χ1v) is 9.53. The van der Waals surface area contributed by atoms with Gasteiger partial charge in [0.15, 0.2) is 0 Å². The molecule has 1 aromatic carbocycles. The molecule has 7 heteroatoms. The first kappa shape index (κ1) is 18.7. The van der Waals surface area contributed by atoms with Crippen LogP contribution in [0.5, 0.6) is 0 Å². The molecule has 140 valence electrons. The van der Waals surface area contributed by atoms with Gasteiger partial charge in [-0.15, -0.1) is 0 Å². The van der Waals surface area contributed by atoms with E-state index in [1.165, 1.54) is 24.2 Å². The predicted octanol–water partition coefficient (Wildman–Crippen LogP) is 1.58. The van der Waals surface area contributed by atoms with Crippen molar-refractivity contribution in [1.82, 2.24) is 10.6 Å². The van der Waals surface area contributed by atoms with Crippen LogP contribution < -0.4 is 15.5 Å². The molecule has 2 aliphatic heterocycles. The number of urea groups is 1. The lowest BCUT2D eigenvalue weighted by molar-refractivity contribution is -0.900. The molecule has 1 saturated heterocycles. The van der Waals surface area contributed by atoms with Crippen molar-refractivity contribution in [3.8, 4) is 0 Å². The Morgan fingerprint density at radius 3 is 2.58 bits per heavy atom. The largest absolute Gasteiger partial charge is 0.463 e. The lowest BCUT2D eigenvalue weighted by Gasteiger charge is -2.31.